The lowest BCUT2D eigenvalue weighted by Gasteiger charge is -2.38. The molecule has 4 rings (SSSR count). The fourth-order valence-electron chi connectivity index (χ4n) is 6.82. The molecule has 0 aliphatic heterocycles. The first-order chi connectivity index (χ1) is 24.4. The summed E-state index contributed by atoms with van der Waals surface area (Å²) in [5, 5.41) is 9.59. The smallest absolute Gasteiger partial charge is 0.411 e. The van der Waals surface area contributed by atoms with Gasteiger partial charge in [0.1, 0.15) is 5.92 Å². The normalized spacial score (nSPS) is 13.2. The molecule has 0 bridgehead atoms. The molecule has 0 saturated carbocycles. The number of Topliss-reactive ketones (excluding diaryl/α,β-unsaturated/α-hetero) is 2. The molecule has 0 spiro atoms. The van der Waals surface area contributed by atoms with Crippen LogP contribution in [0.25, 0.3) is 0 Å². The predicted octanol–water partition coefficient (Wildman–Crippen LogP) is 11.0. The zero-order chi connectivity index (χ0) is 40.0. The van der Waals surface area contributed by atoms with Gasteiger partial charge in [0.2, 0.25) is 5.41 Å². The van der Waals surface area contributed by atoms with E-state index in [4.69, 9.17) is 0 Å². The van der Waals surface area contributed by atoms with Gasteiger partial charge < -0.3 is 5.11 Å². The number of hydrogen-bond acceptors (Lipinski definition) is 3. The van der Waals surface area contributed by atoms with Crippen molar-refractivity contribution in [1.29, 1.82) is 0 Å². The molecule has 0 heterocycles. The minimum absolute atomic E-state index is 0.0409. The Morgan fingerprint density at radius 2 is 1.06 bits per heavy atom. The summed E-state index contributed by atoms with van der Waals surface area (Å²) in [5.74, 6) is -5.42. The first-order valence-corrected chi connectivity index (χ1v) is 16.3. The third-order valence-electron chi connectivity index (χ3n) is 9.79. The van der Waals surface area contributed by atoms with Gasteiger partial charge in [0.25, 0.3) is 0 Å². The van der Waals surface area contributed by atoms with E-state index in [9.17, 15) is 59.0 Å². The molecule has 0 aromatic heterocycles. The van der Waals surface area contributed by atoms with E-state index in [0.29, 0.717) is 52.1 Å². The number of aromatic carboxylic acids is 1. The van der Waals surface area contributed by atoms with Crippen LogP contribution in [0.2, 0.25) is 0 Å². The number of ketones is 2. The Kier molecular flexibility index (Phi) is 11.1. The van der Waals surface area contributed by atoms with Crippen molar-refractivity contribution in [3.8, 4) is 0 Å². The van der Waals surface area contributed by atoms with E-state index in [-0.39, 0.29) is 29.2 Å². The topological polar surface area (TPSA) is 71.4 Å². The molecule has 1 unspecified atom stereocenters. The molecular formula is C40H35F9O4. The minimum Gasteiger partial charge on any atom is -0.478 e. The Morgan fingerprint density at radius 3 is 1.47 bits per heavy atom. The van der Waals surface area contributed by atoms with Crippen LogP contribution in [0.3, 0.4) is 0 Å². The van der Waals surface area contributed by atoms with Gasteiger partial charge in [-0.2, -0.15) is 39.5 Å². The molecule has 0 saturated heterocycles. The summed E-state index contributed by atoms with van der Waals surface area (Å²) >= 11 is 0. The summed E-state index contributed by atoms with van der Waals surface area (Å²) in [4.78, 5) is 37.5. The Morgan fingerprint density at radius 1 is 0.604 bits per heavy atom. The molecule has 0 aliphatic carbocycles. The third kappa shape index (κ3) is 7.61. The first kappa shape index (κ1) is 40.8. The Hall–Kier alpha value is -4.94. The fourth-order valence-corrected chi connectivity index (χ4v) is 6.82. The van der Waals surface area contributed by atoms with Crippen LogP contribution in [0.4, 0.5) is 39.5 Å². The van der Waals surface area contributed by atoms with E-state index in [0.717, 1.165) is 17.7 Å². The van der Waals surface area contributed by atoms with Crippen LogP contribution in [0.15, 0.2) is 66.7 Å². The van der Waals surface area contributed by atoms with Crippen LogP contribution < -0.4 is 0 Å². The van der Waals surface area contributed by atoms with Crippen molar-refractivity contribution in [3.05, 3.63) is 139 Å². The van der Waals surface area contributed by atoms with Crippen LogP contribution in [0, 0.1) is 34.6 Å². The van der Waals surface area contributed by atoms with E-state index in [1.165, 1.54) is 45.0 Å². The lowest BCUT2D eigenvalue weighted by Crippen LogP contribution is -2.54. The van der Waals surface area contributed by atoms with Gasteiger partial charge in [-0.25, -0.2) is 4.79 Å². The number of halogens is 9. The molecule has 0 amide bonds. The second-order valence-corrected chi connectivity index (χ2v) is 13.2. The number of carbonyl (C=O) groups is 3. The molecule has 53 heavy (non-hydrogen) atoms. The molecule has 0 radical (unpaired) electrons. The van der Waals surface area contributed by atoms with E-state index < -0.39 is 76.1 Å². The maximum atomic E-state index is 14.8. The van der Waals surface area contributed by atoms with Gasteiger partial charge in [0, 0.05) is 24.0 Å². The Labute approximate surface area is 299 Å². The highest BCUT2D eigenvalue weighted by atomic mass is 19.4. The predicted molar refractivity (Wildman–Crippen MR) is 180 cm³/mol. The van der Waals surface area contributed by atoms with E-state index in [1.807, 2.05) is 0 Å². The van der Waals surface area contributed by atoms with Crippen LogP contribution >= 0.6 is 0 Å². The first-order valence-electron chi connectivity index (χ1n) is 16.3. The minimum atomic E-state index is -6.08. The van der Waals surface area contributed by atoms with Gasteiger partial charge in [-0.05, 0) is 96.3 Å². The second-order valence-electron chi connectivity index (χ2n) is 13.2. The fraction of sp³-hybridized carbons (Fsp3) is 0.325. The van der Waals surface area contributed by atoms with Crippen molar-refractivity contribution < 1.29 is 59.0 Å². The van der Waals surface area contributed by atoms with Gasteiger partial charge in [-0.3, -0.25) is 9.59 Å². The average Bonchev–Trinajstić information content (AvgIpc) is 3.03. The summed E-state index contributed by atoms with van der Waals surface area (Å²) in [6, 6.07) is 9.29. The van der Waals surface area contributed by atoms with Gasteiger partial charge in [0.05, 0.1) is 5.56 Å². The molecule has 4 nitrogen and oxygen atoms in total. The molecule has 0 aliphatic rings. The van der Waals surface area contributed by atoms with Crippen molar-refractivity contribution in [2.24, 2.45) is 0 Å². The molecule has 1 N–H and O–H groups in total. The highest BCUT2D eigenvalue weighted by molar-refractivity contribution is 6.06. The van der Waals surface area contributed by atoms with Crippen molar-refractivity contribution >= 4 is 17.5 Å². The molecule has 282 valence electrons. The summed E-state index contributed by atoms with van der Waals surface area (Å²) in [6.45, 7) is 9.59. The zero-order valence-electron chi connectivity index (χ0n) is 29.4. The summed E-state index contributed by atoms with van der Waals surface area (Å²) in [5.41, 5.74) is -6.30. The number of carboxylic acid groups (broad SMARTS) is 1. The summed E-state index contributed by atoms with van der Waals surface area (Å²) in [6.07, 6.45) is -17.5. The molecule has 4 aromatic carbocycles. The van der Waals surface area contributed by atoms with Gasteiger partial charge in [-0.1, -0.05) is 67.6 Å². The highest BCUT2D eigenvalue weighted by Gasteiger charge is 2.72. The molecule has 1 atom stereocenters. The lowest BCUT2D eigenvalue weighted by molar-refractivity contribution is -0.288. The lowest BCUT2D eigenvalue weighted by atomic mass is 9.72. The van der Waals surface area contributed by atoms with Crippen LogP contribution in [-0.2, 0) is 11.8 Å². The molecule has 0 fully saturated rings. The van der Waals surface area contributed by atoms with Crippen molar-refractivity contribution in [3.63, 3.8) is 0 Å². The highest BCUT2D eigenvalue weighted by Crippen LogP contribution is 2.56. The Bertz CT molecular complexity index is 2010. The van der Waals surface area contributed by atoms with Crippen molar-refractivity contribution in [2.75, 3.05) is 0 Å². The largest absolute Gasteiger partial charge is 0.478 e. The van der Waals surface area contributed by atoms with Crippen molar-refractivity contribution in [1.82, 2.24) is 0 Å². The maximum absolute atomic E-state index is 14.8. The number of carboxylic acids is 1. The van der Waals surface area contributed by atoms with E-state index in [1.54, 1.807) is 20.8 Å². The number of aryl methyl sites for hydroxylation is 4. The quantitative estimate of drug-likeness (QED) is 0.129. The average molecular weight is 751 g/mol. The standard InChI is InChI=1S/C40H35F9O4/c1-7-33(50)30-13-12-29(18-32(30)36(52)53)37(39(44,45)46,40(47,48)49)28-10-8-25(9-11-28)34(51)19-31-22(4)16-27(17-23(31)5)35(38(41,42)43)26-14-20(2)24(6)21(3)15-26/h8-18,35H,7,19H2,1-6H3,(H,52,53). The van der Waals surface area contributed by atoms with Crippen LogP contribution in [0.1, 0.15) is 106 Å². The number of alkyl halides is 9. The summed E-state index contributed by atoms with van der Waals surface area (Å²) < 4.78 is 132. The van der Waals surface area contributed by atoms with E-state index in [2.05, 4.69) is 0 Å². The summed E-state index contributed by atoms with van der Waals surface area (Å²) in [7, 11) is 0. The van der Waals surface area contributed by atoms with Crippen molar-refractivity contribution in [2.45, 2.75) is 84.2 Å². The van der Waals surface area contributed by atoms with Gasteiger partial charge >= 0.3 is 24.5 Å². The number of hydrogen-bond donors (Lipinski definition) is 1. The molecular weight excluding hydrogens is 715 g/mol. The molecule has 13 heteroatoms. The van der Waals surface area contributed by atoms with Gasteiger partial charge in [-0.15, -0.1) is 0 Å². The zero-order valence-corrected chi connectivity index (χ0v) is 29.4. The second kappa shape index (κ2) is 14.5. The van der Waals surface area contributed by atoms with Crippen LogP contribution in [0.5, 0.6) is 0 Å². The monoisotopic (exact) mass is 750 g/mol. The number of benzene rings is 4. The van der Waals surface area contributed by atoms with Gasteiger partial charge in [0.15, 0.2) is 11.6 Å². The SMILES string of the molecule is CCC(=O)c1ccc(C(c2ccc(C(=O)Cc3c(C)cc(C(c4cc(C)c(C)c(C)c4)C(F)(F)F)cc3C)cc2)(C(F)(F)F)C(F)(F)F)cc1C(=O)O. The number of carbonyl (C=O) groups excluding carboxylic acids is 2. The van der Waals surface area contributed by atoms with E-state index >= 15 is 0 Å². The molecule has 4 aromatic rings. The van der Waals surface area contributed by atoms with Crippen LogP contribution in [-0.4, -0.2) is 41.2 Å². The third-order valence-corrected chi connectivity index (χ3v) is 9.79. The number of rotatable bonds is 10. The Balaban J connectivity index is 1.76. The maximum Gasteiger partial charge on any atom is 0.411 e.